The van der Waals surface area contributed by atoms with E-state index in [0.29, 0.717) is 10.9 Å². The van der Waals surface area contributed by atoms with Crippen molar-refractivity contribution in [3.8, 4) is 0 Å². The fourth-order valence-electron chi connectivity index (χ4n) is 3.98. The molecular formula is C24H13BrF3NO3. The van der Waals surface area contributed by atoms with Crippen molar-refractivity contribution >= 4 is 38.5 Å². The Morgan fingerprint density at radius 1 is 0.906 bits per heavy atom. The first kappa shape index (κ1) is 20.5. The molecule has 32 heavy (non-hydrogen) atoms. The van der Waals surface area contributed by atoms with E-state index in [9.17, 15) is 22.8 Å². The van der Waals surface area contributed by atoms with Crippen molar-refractivity contribution < 1.29 is 22.4 Å². The van der Waals surface area contributed by atoms with Gasteiger partial charge in [0, 0.05) is 10.2 Å². The van der Waals surface area contributed by atoms with E-state index in [-0.39, 0.29) is 22.6 Å². The number of hydrogen-bond acceptors (Lipinski definition) is 3. The SMILES string of the molecule is O=C1c2oc3ccccc3c(=O)c2C(c2ccc(Br)cc2)N1c1cccc(C(F)(F)F)c1. The number of halogens is 4. The number of hydrogen-bond donors (Lipinski definition) is 0. The summed E-state index contributed by atoms with van der Waals surface area (Å²) in [6.45, 7) is 0. The summed E-state index contributed by atoms with van der Waals surface area (Å²) < 4.78 is 46.6. The quantitative estimate of drug-likeness (QED) is 0.324. The predicted octanol–water partition coefficient (Wildman–Crippen LogP) is 6.32. The fraction of sp³-hybridized carbons (Fsp3) is 0.0833. The number of benzene rings is 3. The van der Waals surface area contributed by atoms with Gasteiger partial charge in [0.1, 0.15) is 5.58 Å². The van der Waals surface area contributed by atoms with Gasteiger partial charge in [-0.05, 0) is 48.0 Å². The van der Waals surface area contributed by atoms with Crippen molar-refractivity contribution in [1.82, 2.24) is 0 Å². The molecule has 1 aliphatic rings. The number of carbonyl (C=O) groups is 1. The molecule has 1 atom stereocenters. The maximum Gasteiger partial charge on any atom is 0.416 e. The largest absolute Gasteiger partial charge is 0.450 e. The summed E-state index contributed by atoms with van der Waals surface area (Å²) >= 11 is 3.35. The molecule has 1 amide bonds. The Kier molecular flexibility index (Phi) is 4.70. The van der Waals surface area contributed by atoms with E-state index in [0.717, 1.165) is 16.6 Å². The third-order valence-electron chi connectivity index (χ3n) is 5.42. The molecule has 1 aromatic heterocycles. The van der Waals surface area contributed by atoms with Crippen LogP contribution in [0.1, 0.15) is 33.3 Å². The molecule has 1 aliphatic heterocycles. The second kappa shape index (κ2) is 7.34. The van der Waals surface area contributed by atoms with Gasteiger partial charge < -0.3 is 4.42 Å². The van der Waals surface area contributed by atoms with Gasteiger partial charge in [0.2, 0.25) is 5.76 Å². The number of alkyl halides is 3. The minimum atomic E-state index is -4.58. The van der Waals surface area contributed by atoms with Crippen molar-refractivity contribution in [2.75, 3.05) is 4.90 Å². The van der Waals surface area contributed by atoms with Gasteiger partial charge in [-0.25, -0.2) is 0 Å². The molecule has 3 aromatic carbocycles. The lowest BCUT2D eigenvalue weighted by Crippen LogP contribution is -2.29. The van der Waals surface area contributed by atoms with Crippen molar-refractivity contribution in [2.24, 2.45) is 0 Å². The Morgan fingerprint density at radius 3 is 2.34 bits per heavy atom. The zero-order valence-corrected chi connectivity index (χ0v) is 17.8. The van der Waals surface area contributed by atoms with Crippen molar-refractivity contribution in [3.05, 3.63) is 110 Å². The lowest BCUT2D eigenvalue weighted by Gasteiger charge is -2.26. The van der Waals surface area contributed by atoms with Crippen LogP contribution in [0.5, 0.6) is 0 Å². The molecule has 0 saturated carbocycles. The molecule has 8 heteroatoms. The lowest BCUT2D eigenvalue weighted by molar-refractivity contribution is -0.137. The monoisotopic (exact) mass is 499 g/mol. The first-order valence-corrected chi connectivity index (χ1v) is 10.4. The molecule has 160 valence electrons. The zero-order chi connectivity index (χ0) is 22.6. The second-order valence-electron chi connectivity index (χ2n) is 7.35. The third kappa shape index (κ3) is 3.22. The Hall–Kier alpha value is -3.39. The van der Waals surface area contributed by atoms with Crippen LogP contribution in [-0.2, 0) is 6.18 Å². The van der Waals surface area contributed by atoms with Crippen molar-refractivity contribution in [2.45, 2.75) is 12.2 Å². The highest BCUT2D eigenvalue weighted by Gasteiger charge is 2.44. The molecule has 1 unspecified atom stereocenters. The van der Waals surface area contributed by atoms with Crippen LogP contribution in [0.3, 0.4) is 0 Å². The van der Waals surface area contributed by atoms with E-state index in [2.05, 4.69) is 15.9 Å². The Morgan fingerprint density at radius 2 is 1.62 bits per heavy atom. The maximum absolute atomic E-state index is 13.4. The average Bonchev–Trinajstić information content (AvgIpc) is 3.07. The third-order valence-corrected chi connectivity index (χ3v) is 5.94. The number of rotatable bonds is 2. The van der Waals surface area contributed by atoms with E-state index in [1.807, 2.05) is 0 Å². The summed E-state index contributed by atoms with van der Waals surface area (Å²) in [4.78, 5) is 28.0. The Labute approximate surface area is 188 Å². The second-order valence-corrected chi connectivity index (χ2v) is 8.26. The van der Waals surface area contributed by atoms with Gasteiger partial charge >= 0.3 is 6.18 Å². The van der Waals surface area contributed by atoms with Gasteiger partial charge in [-0.2, -0.15) is 13.2 Å². The molecule has 0 aliphatic carbocycles. The molecule has 4 nitrogen and oxygen atoms in total. The summed E-state index contributed by atoms with van der Waals surface area (Å²) in [5.41, 5.74) is -0.346. The number of carbonyl (C=O) groups excluding carboxylic acids is 1. The van der Waals surface area contributed by atoms with E-state index in [1.165, 1.54) is 17.0 Å². The Balaban J connectivity index is 1.79. The number of para-hydroxylation sites is 1. The average molecular weight is 500 g/mol. The van der Waals surface area contributed by atoms with Crippen molar-refractivity contribution in [3.63, 3.8) is 0 Å². The smallest absolute Gasteiger partial charge is 0.416 e. The van der Waals surface area contributed by atoms with Gasteiger partial charge in [0.15, 0.2) is 5.43 Å². The first-order valence-electron chi connectivity index (χ1n) is 9.58. The number of fused-ring (bicyclic) bond motifs is 2. The highest BCUT2D eigenvalue weighted by atomic mass is 79.9. The van der Waals surface area contributed by atoms with Gasteiger partial charge in [0.05, 0.1) is 22.6 Å². The summed E-state index contributed by atoms with van der Waals surface area (Å²) in [5.74, 6) is -0.839. The van der Waals surface area contributed by atoms with Crippen LogP contribution in [0, 0.1) is 0 Å². The summed E-state index contributed by atoms with van der Waals surface area (Å²) in [6.07, 6.45) is -4.58. The zero-order valence-electron chi connectivity index (χ0n) is 16.2. The molecule has 0 radical (unpaired) electrons. The Bertz CT molecular complexity index is 1430. The number of anilines is 1. The highest BCUT2D eigenvalue weighted by molar-refractivity contribution is 9.10. The standard InChI is InChI=1S/C24H13BrF3NO3/c25-15-10-8-13(9-11-15)20-19-21(30)17-6-1-2-7-18(17)32-22(19)23(31)29(20)16-5-3-4-14(12-16)24(26,27)28/h1-12,20H. The fourth-order valence-corrected chi connectivity index (χ4v) is 4.24. The molecule has 0 fully saturated rings. The summed E-state index contributed by atoms with van der Waals surface area (Å²) in [5, 5.41) is 0.298. The van der Waals surface area contributed by atoms with Crippen LogP contribution in [0.15, 0.2) is 86.5 Å². The summed E-state index contributed by atoms with van der Waals surface area (Å²) in [6, 6.07) is 17.0. The minimum absolute atomic E-state index is 0.0209. The van der Waals surface area contributed by atoms with Crippen LogP contribution in [0.2, 0.25) is 0 Å². The molecule has 5 rings (SSSR count). The van der Waals surface area contributed by atoms with Gasteiger partial charge in [-0.1, -0.05) is 46.3 Å². The molecule has 2 heterocycles. The van der Waals surface area contributed by atoms with Crippen LogP contribution >= 0.6 is 15.9 Å². The van der Waals surface area contributed by atoms with Gasteiger partial charge in [-0.15, -0.1) is 0 Å². The van der Waals surface area contributed by atoms with E-state index in [4.69, 9.17) is 4.42 Å². The predicted molar refractivity (Wildman–Crippen MR) is 117 cm³/mol. The molecule has 4 aromatic rings. The molecular weight excluding hydrogens is 487 g/mol. The summed E-state index contributed by atoms with van der Waals surface area (Å²) in [7, 11) is 0. The number of amides is 1. The first-order chi connectivity index (χ1) is 15.3. The maximum atomic E-state index is 13.4. The molecule has 0 saturated heterocycles. The normalized spacial score (nSPS) is 15.9. The van der Waals surface area contributed by atoms with E-state index >= 15 is 0 Å². The molecule has 0 bridgehead atoms. The van der Waals surface area contributed by atoms with E-state index < -0.39 is 29.1 Å². The molecule has 0 spiro atoms. The molecule has 0 N–H and O–H groups in total. The van der Waals surface area contributed by atoms with Crippen LogP contribution in [0.4, 0.5) is 18.9 Å². The minimum Gasteiger partial charge on any atom is -0.450 e. The highest BCUT2D eigenvalue weighted by Crippen LogP contribution is 2.42. The van der Waals surface area contributed by atoms with Crippen molar-refractivity contribution in [1.29, 1.82) is 0 Å². The van der Waals surface area contributed by atoms with E-state index in [1.54, 1.807) is 48.5 Å². The van der Waals surface area contributed by atoms with Gasteiger partial charge in [0.25, 0.3) is 5.91 Å². The van der Waals surface area contributed by atoms with Gasteiger partial charge in [-0.3, -0.25) is 14.5 Å². The van der Waals surface area contributed by atoms with Crippen LogP contribution in [0.25, 0.3) is 11.0 Å². The van der Waals surface area contributed by atoms with Crippen LogP contribution < -0.4 is 10.3 Å². The lowest BCUT2D eigenvalue weighted by atomic mass is 9.98. The van der Waals surface area contributed by atoms with Crippen LogP contribution in [-0.4, -0.2) is 5.91 Å². The number of nitrogens with zero attached hydrogens (tertiary/aromatic N) is 1. The topological polar surface area (TPSA) is 50.5 Å².